The Bertz CT molecular complexity index is 945. The number of hydrogen-bond donors (Lipinski definition) is 0. The van der Waals surface area contributed by atoms with Crippen LogP contribution in [0.1, 0.15) is 12.5 Å². The van der Waals surface area contributed by atoms with Gasteiger partial charge in [0.25, 0.3) is 0 Å². The minimum absolute atomic E-state index is 0.512. The monoisotopic (exact) mass is 387 g/mol. The summed E-state index contributed by atoms with van der Waals surface area (Å²) in [5.74, 6) is 0.787. The van der Waals surface area contributed by atoms with Gasteiger partial charge in [-0.3, -0.25) is 0 Å². The lowest BCUT2D eigenvalue weighted by molar-refractivity contribution is 0.415. The first-order chi connectivity index (χ1) is 11.1. The van der Waals surface area contributed by atoms with Crippen molar-refractivity contribution >= 4 is 49.7 Å². The molecule has 3 rings (SSSR count). The fraction of sp³-hybridized carbons (Fsp3) is 0.111. The Morgan fingerprint density at radius 2 is 1.87 bits per heavy atom. The molecular weight excluding hydrogens is 374 g/mol. The number of rotatable bonds is 3. The number of ether oxygens (including phenoxy) is 1. The maximum Gasteiger partial charge on any atom is 0.228 e. The molecule has 0 radical (unpaired) electrons. The zero-order valence-electron chi connectivity index (χ0n) is 12.7. The van der Waals surface area contributed by atoms with Crippen molar-refractivity contribution in [3.63, 3.8) is 0 Å². The van der Waals surface area contributed by atoms with Gasteiger partial charge in [-0.1, -0.05) is 28.1 Å². The Hall–Kier alpha value is -1.98. The van der Waals surface area contributed by atoms with Gasteiger partial charge in [0.15, 0.2) is 0 Å². The smallest absolute Gasteiger partial charge is 0.228 e. The molecule has 0 N–H and O–H groups in total. The average Bonchev–Trinajstić information content (AvgIpc) is 2.55. The van der Waals surface area contributed by atoms with Crippen LogP contribution in [0.2, 0.25) is 0 Å². The lowest BCUT2D eigenvalue weighted by atomic mass is 10.1. The Morgan fingerprint density at radius 1 is 1.13 bits per heavy atom. The lowest BCUT2D eigenvalue weighted by Gasteiger charge is -2.04. The molecule has 116 valence electrons. The number of nitrogens with zero attached hydrogens (tertiary/aromatic N) is 1. The van der Waals surface area contributed by atoms with Crippen LogP contribution in [0, 0.1) is 0 Å². The van der Waals surface area contributed by atoms with Gasteiger partial charge in [0.2, 0.25) is 5.55 Å². The predicted molar refractivity (Wildman–Crippen MR) is 99.5 cm³/mol. The van der Waals surface area contributed by atoms with Crippen LogP contribution in [-0.2, 0) is 0 Å². The van der Waals surface area contributed by atoms with Crippen molar-refractivity contribution in [2.24, 2.45) is 4.99 Å². The molecule has 0 amide bonds. The van der Waals surface area contributed by atoms with Gasteiger partial charge in [-0.2, -0.15) is 0 Å². The summed E-state index contributed by atoms with van der Waals surface area (Å²) < 4.78 is 12.1. The van der Waals surface area contributed by atoms with Crippen LogP contribution in [-0.4, -0.2) is 12.0 Å². The molecule has 1 aromatic heterocycles. The largest absolute Gasteiger partial charge is 0.497 e. The molecule has 3 nitrogen and oxygen atoms in total. The van der Waals surface area contributed by atoms with Gasteiger partial charge in [0, 0.05) is 14.7 Å². The molecule has 0 aliphatic rings. The van der Waals surface area contributed by atoms with Crippen molar-refractivity contribution < 1.29 is 9.15 Å². The van der Waals surface area contributed by atoms with Crippen LogP contribution in [0.5, 0.6) is 5.75 Å². The standard InChI is InChI=1S/C18H14BrNO2S/c1-11(23)16-10-12-9-13(19)3-8-17(12)22-18(16)20-14-4-6-15(21-2)7-5-14/h3-10H,1-2H3. The van der Waals surface area contributed by atoms with Crippen molar-refractivity contribution in [2.75, 3.05) is 7.11 Å². The highest BCUT2D eigenvalue weighted by molar-refractivity contribution is 9.10. The van der Waals surface area contributed by atoms with E-state index in [0.717, 1.165) is 37.3 Å². The van der Waals surface area contributed by atoms with Crippen LogP contribution < -0.4 is 10.3 Å². The predicted octanol–water partition coefficient (Wildman–Crippen LogP) is 5.17. The molecule has 0 spiro atoms. The van der Waals surface area contributed by atoms with Gasteiger partial charge in [-0.15, -0.1) is 0 Å². The van der Waals surface area contributed by atoms with Gasteiger partial charge in [0.05, 0.1) is 18.4 Å². The lowest BCUT2D eigenvalue weighted by Crippen LogP contribution is -2.12. The molecule has 0 bridgehead atoms. The van der Waals surface area contributed by atoms with E-state index >= 15 is 0 Å². The van der Waals surface area contributed by atoms with Crippen LogP contribution in [0.25, 0.3) is 11.0 Å². The Balaban J connectivity index is 2.21. The second-order valence-corrected chi connectivity index (χ2v) is 6.54. The van der Waals surface area contributed by atoms with Crippen LogP contribution in [0.4, 0.5) is 5.69 Å². The molecule has 1 heterocycles. The van der Waals surface area contributed by atoms with E-state index in [-0.39, 0.29) is 0 Å². The van der Waals surface area contributed by atoms with Gasteiger partial charge in [-0.05, 0) is 55.5 Å². The molecule has 0 saturated carbocycles. The van der Waals surface area contributed by atoms with E-state index in [1.165, 1.54) is 0 Å². The van der Waals surface area contributed by atoms with Crippen molar-refractivity contribution in [1.82, 2.24) is 0 Å². The summed E-state index contributed by atoms with van der Waals surface area (Å²) in [7, 11) is 1.64. The second-order valence-electron chi connectivity index (χ2n) is 5.01. The van der Waals surface area contributed by atoms with E-state index in [9.17, 15) is 0 Å². The van der Waals surface area contributed by atoms with Crippen LogP contribution in [0.15, 0.2) is 62.4 Å². The average molecular weight is 388 g/mol. The second kappa shape index (κ2) is 6.64. The number of fused-ring (bicyclic) bond motifs is 1. The zero-order chi connectivity index (χ0) is 16.4. The summed E-state index contributed by atoms with van der Waals surface area (Å²) in [6, 6.07) is 15.3. The number of halogens is 1. The SMILES string of the molecule is COc1ccc(N=c2oc3ccc(Br)cc3cc2C(C)=S)cc1. The summed E-state index contributed by atoms with van der Waals surface area (Å²) in [6.07, 6.45) is 0. The topological polar surface area (TPSA) is 34.7 Å². The maximum atomic E-state index is 5.96. The third-order valence-electron chi connectivity index (χ3n) is 3.39. The minimum Gasteiger partial charge on any atom is -0.497 e. The van der Waals surface area contributed by atoms with Crippen molar-refractivity contribution in [3.05, 3.63) is 64.1 Å². The van der Waals surface area contributed by atoms with Gasteiger partial charge in [0.1, 0.15) is 11.3 Å². The molecule has 2 aromatic carbocycles. The Labute approximate surface area is 147 Å². The van der Waals surface area contributed by atoms with Gasteiger partial charge < -0.3 is 9.15 Å². The number of benzene rings is 2. The highest BCUT2D eigenvalue weighted by Gasteiger charge is 2.06. The van der Waals surface area contributed by atoms with Crippen LogP contribution >= 0.6 is 28.1 Å². The Morgan fingerprint density at radius 3 is 2.52 bits per heavy atom. The van der Waals surface area contributed by atoms with Crippen molar-refractivity contribution in [3.8, 4) is 5.75 Å². The maximum absolute atomic E-state index is 5.96. The van der Waals surface area contributed by atoms with Gasteiger partial charge >= 0.3 is 0 Å². The van der Waals surface area contributed by atoms with E-state index in [0.29, 0.717) is 5.55 Å². The minimum atomic E-state index is 0.512. The first-order valence-electron chi connectivity index (χ1n) is 7.00. The molecule has 0 aliphatic heterocycles. The number of methoxy groups -OCH3 is 1. The third-order valence-corrected chi connectivity index (χ3v) is 4.10. The molecule has 0 aliphatic carbocycles. The quantitative estimate of drug-likeness (QED) is 0.458. The van der Waals surface area contributed by atoms with E-state index in [1.807, 2.05) is 55.5 Å². The molecule has 0 atom stereocenters. The first-order valence-corrected chi connectivity index (χ1v) is 8.20. The Kier molecular flexibility index (Phi) is 4.59. The van der Waals surface area contributed by atoms with Crippen molar-refractivity contribution in [2.45, 2.75) is 6.92 Å². The van der Waals surface area contributed by atoms with E-state index < -0.39 is 0 Å². The summed E-state index contributed by atoms with van der Waals surface area (Å²) >= 11 is 8.82. The molecule has 0 fully saturated rings. The number of hydrogen-bond acceptors (Lipinski definition) is 4. The van der Waals surface area contributed by atoms with E-state index in [2.05, 4.69) is 20.9 Å². The van der Waals surface area contributed by atoms with Crippen molar-refractivity contribution in [1.29, 1.82) is 0 Å². The zero-order valence-corrected chi connectivity index (χ0v) is 15.1. The highest BCUT2D eigenvalue weighted by Crippen LogP contribution is 2.21. The molecule has 23 heavy (non-hydrogen) atoms. The number of thiocarbonyl (C=S) groups is 1. The van der Waals surface area contributed by atoms with Gasteiger partial charge in [-0.25, -0.2) is 4.99 Å². The van der Waals surface area contributed by atoms with Crippen LogP contribution in [0.3, 0.4) is 0 Å². The summed E-state index contributed by atoms with van der Waals surface area (Å²) in [6.45, 7) is 1.87. The molecule has 0 saturated heterocycles. The first kappa shape index (κ1) is 15.9. The summed E-state index contributed by atoms with van der Waals surface area (Å²) in [5.41, 5.74) is 2.88. The summed E-state index contributed by atoms with van der Waals surface area (Å²) in [5, 5.41) is 0.979. The van der Waals surface area contributed by atoms with E-state index in [4.69, 9.17) is 21.4 Å². The highest BCUT2D eigenvalue weighted by atomic mass is 79.9. The summed E-state index contributed by atoms with van der Waals surface area (Å²) in [4.78, 5) is 5.33. The molecule has 0 unspecified atom stereocenters. The third kappa shape index (κ3) is 3.51. The molecule has 5 heteroatoms. The van der Waals surface area contributed by atoms with E-state index in [1.54, 1.807) is 7.11 Å². The fourth-order valence-corrected chi connectivity index (χ4v) is 2.74. The fourth-order valence-electron chi connectivity index (χ4n) is 2.21. The molecule has 3 aromatic rings. The molecular formula is C18H14BrNO2S. The normalized spacial score (nSPS) is 11.7.